The number of rotatable bonds is 7. The van der Waals surface area contributed by atoms with Gasteiger partial charge in [0.1, 0.15) is 5.82 Å². The summed E-state index contributed by atoms with van der Waals surface area (Å²) in [6.45, 7) is 2.94. The lowest BCUT2D eigenvalue weighted by molar-refractivity contribution is -0.385. The van der Waals surface area contributed by atoms with Gasteiger partial charge in [0.05, 0.1) is 22.1 Å². The number of nitro groups is 1. The summed E-state index contributed by atoms with van der Waals surface area (Å²) >= 11 is 0. The molecule has 0 aliphatic carbocycles. The minimum atomic E-state index is -3.75. The molecule has 1 saturated heterocycles. The standard InChI is InChI=1S/C20H25N5O7S/c1-13-16(5-4-6-17(13)25(28)29)22-18(26)12-32-20(27)15-7-9-24(10-8-15)33(30,31)19-11-23(3)14(2)21-19/h4-6,11,15H,7-10,12H2,1-3H3,(H,22,26). The Hall–Kier alpha value is -3.32. The molecule has 13 heteroatoms. The maximum atomic E-state index is 12.8. The van der Waals surface area contributed by atoms with Gasteiger partial charge in [-0.15, -0.1) is 0 Å². The van der Waals surface area contributed by atoms with E-state index in [4.69, 9.17) is 4.74 Å². The van der Waals surface area contributed by atoms with Crippen molar-refractivity contribution in [2.24, 2.45) is 13.0 Å². The van der Waals surface area contributed by atoms with E-state index >= 15 is 0 Å². The van der Waals surface area contributed by atoms with Gasteiger partial charge in [-0.3, -0.25) is 19.7 Å². The van der Waals surface area contributed by atoms with Crippen LogP contribution in [0.25, 0.3) is 0 Å². The Labute approximate surface area is 190 Å². The quantitative estimate of drug-likeness (QED) is 0.356. The van der Waals surface area contributed by atoms with Crippen molar-refractivity contribution >= 4 is 33.3 Å². The van der Waals surface area contributed by atoms with Crippen LogP contribution in [0.1, 0.15) is 24.2 Å². The van der Waals surface area contributed by atoms with E-state index in [0.717, 1.165) is 0 Å². The van der Waals surface area contributed by atoms with E-state index in [1.807, 2.05) is 0 Å². The molecular weight excluding hydrogens is 454 g/mol. The lowest BCUT2D eigenvalue weighted by atomic mass is 9.98. The van der Waals surface area contributed by atoms with E-state index in [1.165, 1.54) is 35.6 Å². The molecule has 0 saturated carbocycles. The summed E-state index contributed by atoms with van der Waals surface area (Å²) < 4.78 is 33.5. The molecule has 3 rings (SSSR count). The Kier molecular flexibility index (Phi) is 7.12. The second-order valence-electron chi connectivity index (χ2n) is 7.78. The lowest BCUT2D eigenvalue weighted by Gasteiger charge is -2.29. The highest BCUT2D eigenvalue weighted by atomic mass is 32.2. The zero-order valence-corrected chi connectivity index (χ0v) is 19.3. The highest BCUT2D eigenvalue weighted by Gasteiger charge is 2.34. The number of carbonyl (C=O) groups excluding carboxylic acids is 2. The van der Waals surface area contributed by atoms with Crippen molar-refractivity contribution in [1.29, 1.82) is 0 Å². The van der Waals surface area contributed by atoms with Crippen molar-refractivity contribution in [3.05, 3.63) is 45.9 Å². The Morgan fingerprint density at radius 1 is 1.27 bits per heavy atom. The van der Waals surface area contributed by atoms with Gasteiger partial charge in [0.15, 0.2) is 11.6 Å². The number of piperidine rings is 1. The number of carbonyl (C=O) groups is 2. The number of nitrogens with one attached hydrogen (secondary N) is 1. The van der Waals surface area contributed by atoms with Gasteiger partial charge in [0.25, 0.3) is 21.6 Å². The molecule has 178 valence electrons. The number of anilines is 1. The predicted molar refractivity (Wildman–Crippen MR) is 117 cm³/mol. The van der Waals surface area contributed by atoms with Gasteiger partial charge >= 0.3 is 5.97 Å². The third-order valence-corrected chi connectivity index (χ3v) is 7.37. The van der Waals surface area contributed by atoms with Crippen LogP contribution in [-0.4, -0.2) is 58.8 Å². The third-order valence-electron chi connectivity index (χ3n) is 5.60. The van der Waals surface area contributed by atoms with Crippen LogP contribution < -0.4 is 5.32 Å². The van der Waals surface area contributed by atoms with Gasteiger partial charge in [-0.05, 0) is 32.8 Å². The fourth-order valence-corrected chi connectivity index (χ4v) is 5.01. The van der Waals surface area contributed by atoms with Crippen LogP contribution in [-0.2, 0) is 31.4 Å². The molecule has 2 aromatic rings. The van der Waals surface area contributed by atoms with E-state index < -0.39 is 39.3 Å². The summed E-state index contributed by atoms with van der Waals surface area (Å²) in [4.78, 5) is 39.0. The van der Waals surface area contributed by atoms with Crippen molar-refractivity contribution in [2.75, 3.05) is 25.0 Å². The first-order valence-corrected chi connectivity index (χ1v) is 11.7. The Morgan fingerprint density at radius 2 is 1.94 bits per heavy atom. The number of sulfonamides is 1. The number of aryl methyl sites for hydroxylation is 2. The van der Waals surface area contributed by atoms with Gasteiger partial charge in [-0.25, -0.2) is 13.4 Å². The highest BCUT2D eigenvalue weighted by molar-refractivity contribution is 7.89. The molecule has 12 nitrogen and oxygen atoms in total. The first-order valence-electron chi connectivity index (χ1n) is 10.2. The predicted octanol–water partition coefficient (Wildman–Crippen LogP) is 1.53. The largest absolute Gasteiger partial charge is 0.455 e. The average molecular weight is 480 g/mol. The molecule has 1 aromatic carbocycles. The first-order chi connectivity index (χ1) is 15.5. The number of hydrogen-bond donors (Lipinski definition) is 1. The van der Waals surface area contributed by atoms with Crippen LogP contribution in [0, 0.1) is 29.9 Å². The van der Waals surface area contributed by atoms with Gasteiger partial charge in [-0.1, -0.05) is 6.07 Å². The summed E-state index contributed by atoms with van der Waals surface area (Å²) in [5, 5.41) is 13.5. The van der Waals surface area contributed by atoms with E-state index in [9.17, 15) is 28.1 Å². The molecule has 0 atom stereocenters. The highest BCUT2D eigenvalue weighted by Crippen LogP contribution is 2.26. The summed E-state index contributed by atoms with van der Waals surface area (Å²) in [7, 11) is -2.04. The summed E-state index contributed by atoms with van der Waals surface area (Å²) in [5.41, 5.74) is 0.416. The normalized spacial score (nSPS) is 15.2. The molecule has 0 unspecified atom stereocenters. The average Bonchev–Trinajstić information content (AvgIpc) is 3.12. The number of amides is 1. The smallest absolute Gasteiger partial charge is 0.309 e. The zero-order chi connectivity index (χ0) is 24.3. The van der Waals surface area contributed by atoms with E-state index in [0.29, 0.717) is 11.4 Å². The van der Waals surface area contributed by atoms with Crippen LogP contribution >= 0.6 is 0 Å². The molecule has 1 aliphatic rings. The minimum absolute atomic E-state index is 0.0309. The molecule has 1 aromatic heterocycles. The first kappa shape index (κ1) is 24.3. The number of esters is 1. The van der Waals surface area contributed by atoms with Crippen molar-refractivity contribution in [3.8, 4) is 0 Å². The fourth-order valence-electron chi connectivity index (χ4n) is 3.51. The maximum Gasteiger partial charge on any atom is 0.309 e. The molecule has 1 fully saturated rings. The number of nitro benzene ring substituents is 1. The van der Waals surface area contributed by atoms with Crippen molar-refractivity contribution in [2.45, 2.75) is 31.7 Å². The Balaban J connectivity index is 1.51. The summed E-state index contributed by atoms with van der Waals surface area (Å²) in [5.74, 6) is -1.18. The number of nitrogens with zero attached hydrogens (tertiary/aromatic N) is 4. The molecule has 1 N–H and O–H groups in total. The number of benzene rings is 1. The number of aromatic nitrogens is 2. The van der Waals surface area contributed by atoms with E-state index in [1.54, 1.807) is 18.5 Å². The molecule has 2 heterocycles. The molecule has 33 heavy (non-hydrogen) atoms. The maximum absolute atomic E-state index is 12.8. The molecule has 1 amide bonds. The summed E-state index contributed by atoms with van der Waals surface area (Å²) in [6.07, 6.45) is 1.97. The van der Waals surface area contributed by atoms with Gasteiger partial charge in [0.2, 0.25) is 0 Å². The molecule has 1 aliphatic heterocycles. The SMILES string of the molecule is Cc1c(NC(=O)COC(=O)C2CCN(S(=O)(=O)c3cn(C)c(C)n3)CC2)cccc1[N+](=O)[O-]. The van der Waals surface area contributed by atoms with Crippen LogP contribution in [0.15, 0.2) is 29.4 Å². The number of ether oxygens (including phenoxy) is 1. The Morgan fingerprint density at radius 3 is 2.52 bits per heavy atom. The van der Waals surface area contributed by atoms with Crippen LogP contribution in [0.3, 0.4) is 0 Å². The number of hydrogen-bond acceptors (Lipinski definition) is 8. The second kappa shape index (κ2) is 9.67. The van der Waals surface area contributed by atoms with E-state index in [-0.39, 0.29) is 42.3 Å². The summed E-state index contributed by atoms with van der Waals surface area (Å²) in [6, 6.07) is 4.29. The van der Waals surface area contributed by atoms with E-state index in [2.05, 4.69) is 10.3 Å². The number of imidazole rings is 1. The topological polar surface area (TPSA) is 154 Å². The van der Waals surface area contributed by atoms with Crippen molar-refractivity contribution < 1.29 is 27.7 Å². The van der Waals surface area contributed by atoms with Crippen LogP contribution in [0.4, 0.5) is 11.4 Å². The zero-order valence-electron chi connectivity index (χ0n) is 18.5. The molecular formula is C20H25N5O7S. The minimum Gasteiger partial charge on any atom is -0.455 e. The van der Waals surface area contributed by atoms with Crippen LogP contribution in [0.5, 0.6) is 0 Å². The van der Waals surface area contributed by atoms with Crippen molar-refractivity contribution in [3.63, 3.8) is 0 Å². The van der Waals surface area contributed by atoms with Crippen LogP contribution in [0.2, 0.25) is 0 Å². The third kappa shape index (κ3) is 5.37. The lowest BCUT2D eigenvalue weighted by Crippen LogP contribution is -2.41. The molecule has 0 radical (unpaired) electrons. The molecule has 0 spiro atoms. The second-order valence-corrected chi connectivity index (χ2v) is 9.66. The monoisotopic (exact) mass is 479 g/mol. The van der Waals surface area contributed by atoms with Crippen molar-refractivity contribution in [1.82, 2.24) is 13.9 Å². The van der Waals surface area contributed by atoms with Gasteiger partial charge in [0, 0.05) is 32.4 Å². The fraction of sp³-hybridized carbons (Fsp3) is 0.450. The van der Waals surface area contributed by atoms with Gasteiger partial charge < -0.3 is 14.6 Å². The molecule has 0 bridgehead atoms. The van der Waals surface area contributed by atoms with Gasteiger partial charge in [-0.2, -0.15) is 4.31 Å². The Bertz CT molecular complexity index is 1160.